The van der Waals surface area contributed by atoms with Crippen LogP contribution >= 0.6 is 11.6 Å². The van der Waals surface area contributed by atoms with Gasteiger partial charge in [-0.05, 0) is 56.5 Å². The Balaban J connectivity index is 1.70. The maximum atomic E-state index is 13.1. The molecule has 0 aliphatic heterocycles. The number of ether oxygens (including phenoxy) is 1. The summed E-state index contributed by atoms with van der Waals surface area (Å²) in [6.07, 6.45) is 4.29. The number of carbonyl (C=O) groups excluding carboxylic acids is 2. The number of nitrogens with zero attached hydrogens (tertiary/aromatic N) is 1. The van der Waals surface area contributed by atoms with Gasteiger partial charge in [-0.3, -0.25) is 9.59 Å². The molecule has 1 saturated carbocycles. The van der Waals surface area contributed by atoms with Gasteiger partial charge in [-0.1, -0.05) is 54.3 Å². The number of hydrogen-bond acceptors (Lipinski definition) is 3. The summed E-state index contributed by atoms with van der Waals surface area (Å²) in [7, 11) is 0. The van der Waals surface area contributed by atoms with Crippen molar-refractivity contribution in [2.75, 3.05) is 6.61 Å². The van der Waals surface area contributed by atoms with Gasteiger partial charge in [0.1, 0.15) is 11.8 Å². The lowest BCUT2D eigenvalue weighted by Crippen LogP contribution is -2.50. The van der Waals surface area contributed by atoms with Gasteiger partial charge in [0.05, 0.1) is 0 Å². The molecule has 160 valence electrons. The molecule has 0 radical (unpaired) electrons. The molecule has 30 heavy (non-hydrogen) atoms. The van der Waals surface area contributed by atoms with E-state index in [1.807, 2.05) is 31.2 Å². The van der Waals surface area contributed by atoms with Gasteiger partial charge in [-0.15, -0.1) is 0 Å². The first kappa shape index (κ1) is 22.2. The molecule has 0 heterocycles. The Morgan fingerprint density at radius 2 is 1.87 bits per heavy atom. The highest BCUT2D eigenvalue weighted by Crippen LogP contribution is 2.19. The Hall–Kier alpha value is -2.53. The van der Waals surface area contributed by atoms with Crippen molar-refractivity contribution < 1.29 is 14.3 Å². The summed E-state index contributed by atoms with van der Waals surface area (Å²) in [6, 6.07) is 14.4. The summed E-state index contributed by atoms with van der Waals surface area (Å²) < 4.78 is 5.65. The van der Waals surface area contributed by atoms with Crippen LogP contribution in [0, 0.1) is 6.92 Å². The normalized spacial score (nSPS) is 14.9. The van der Waals surface area contributed by atoms with Crippen LogP contribution in [0.1, 0.15) is 43.7 Å². The molecule has 1 N–H and O–H groups in total. The summed E-state index contributed by atoms with van der Waals surface area (Å²) in [4.78, 5) is 27.5. The third kappa shape index (κ3) is 6.23. The first-order chi connectivity index (χ1) is 14.4. The number of amides is 2. The molecule has 3 rings (SSSR count). The van der Waals surface area contributed by atoms with Crippen LogP contribution in [0.25, 0.3) is 0 Å². The van der Waals surface area contributed by atoms with Crippen molar-refractivity contribution in [2.24, 2.45) is 0 Å². The molecule has 5 nitrogen and oxygen atoms in total. The van der Waals surface area contributed by atoms with E-state index in [0.29, 0.717) is 17.3 Å². The van der Waals surface area contributed by atoms with Crippen molar-refractivity contribution in [1.82, 2.24) is 10.2 Å². The zero-order chi connectivity index (χ0) is 21.5. The lowest BCUT2D eigenvalue weighted by Gasteiger charge is -2.29. The van der Waals surface area contributed by atoms with Crippen molar-refractivity contribution >= 4 is 23.4 Å². The van der Waals surface area contributed by atoms with Crippen LogP contribution in [-0.4, -0.2) is 35.4 Å². The lowest BCUT2D eigenvalue weighted by molar-refractivity contribution is -0.142. The van der Waals surface area contributed by atoms with Gasteiger partial charge in [0.2, 0.25) is 5.91 Å². The van der Waals surface area contributed by atoms with Gasteiger partial charge in [0, 0.05) is 17.6 Å². The topological polar surface area (TPSA) is 58.6 Å². The minimum Gasteiger partial charge on any atom is -0.484 e. The summed E-state index contributed by atoms with van der Waals surface area (Å²) in [5, 5.41) is 3.71. The van der Waals surface area contributed by atoms with Crippen LogP contribution in [0.4, 0.5) is 0 Å². The molecule has 1 aliphatic carbocycles. The second kappa shape index (κ2) is 10.5. The molecule has 1 fully saturated rings. The van der Waals surface area contributed by atoms with E-state index in [1.165, 1.54) is 0 Å². The van der Waals surface area contributed by atoms with Gasteiger partial charge in [-0.25, -0.2) is 0 Å². The summed E-state index contributed by atoms with van der Waals surface area (Å²) in [6.45, 7) is 3.99. The second-order valence-corrected chi connectivity index (χ2v) is 8.36. The number of rotatable bonds is 8. The van der Waals surface area contributed by atoms with Crippen LogP contribution in [0.5, 0.6) is 5.75 Å². The Morgan fingerprint density at radius 3 is 2.53 bits per heavy atom. The quantitative estimate of drug-likeness (QED) is 0.673. The number of hydrogen-bond donors (Lipinski definition) is 1. The van der Waals surface area contributed by atoms with Crippen LogP contribution < -0.4 is 10.1 Å². The molecule has 2 aromatic rings. The van der Waals surface area contributed by atoms with Gasteiger partial charge in [0.25, 0.3) is 5.91 Å². The monoisotopic (exact) mass is 428 g/mol. The number of benzene rings is 2. The first-order valence-corrected chi connectivity index (χ1v) is 10.8. The van der Waals surface area contributed by atoms with E-state index in [2.05, 4.69) is 5.32 Å². The molecule has 1 aliphatic rings. The number of carbonyl (C=O) groups is 2. The fourth-order valence-electron chi connectivity index (χ4n) is 3.74. The summed E-state index contributed by atoms with van der Waals surface area (Å²) in [5.41, 5.74) is 2.09. The summed E-state index contributed by atoms with van der Waals surface area (Å²) >= 11 is 5.90. The van der Waals surface area contributed by atoms with E-state index in [9.17, 15) is 9.59 Å². The Kier molecular flexibility index (Phi) is 7.75. The highest BCUT2D eigenvalue weighted by atomic mass is 35.5. The number of aryl methyl sites for hydroxylation is 1. The maximum Gasteiger partial charge on any atom is 0.261 e. The van der Waals surface area contributed by atoms with Crippen molar-refractivity contribution in [3.8, 4) is 5.75 Å². The Labute approximate surface area is 183 Å². The highest BCUT2D eigenvalue weighted by molar-refractivity contribution is 6.30. The van der Waals surface area contributed by atoms with Gasteiger partial charge < -0.3 is 15.0 Å². The predicted octanol–water partition coefficient (Wildman–Crippen LogP) is 4.50. The van der Waals surface area contributed by atoms with Crippen LogP contribution in [-0.2, 0) is 16.1 Å². The molecule has 0 unspecified atom stereocenters. The molecular weight excluding hydrogens is 400 g/mol. The molecule has 2 aromatic carbocycles. The average Bonchev–Trinajstić information content (AvgIpc) is 3.24. The third-order valence-electron chi connectivity index (χ3n) is 5.48. The third-order valence-corrected chi connectivity index (χ3v) is 5.73. The fourth-order valence-corrected chi connectivity index (χ4v) is 3.87. The van der Waals surface area contributed by atoms with Crippen LogP contribution in [0.3, 0.4) is 0 Å². The second-order valence-electron chi connectivity index (χ2n) is 7.92. The van der Waals surface area contributed by atoms with Crippen LogP contribution in [0.2, 0.25) is 5.02 Å². The minimum atomic E-state index is -0.590. The van der Waals surface area contributed by atoms with Crippen molar-refractivity contribution in [3.63, 3.8) is 0 Å². The predicted molar refractivity (Wildman–Crippen MR) is 119 cm³/mol. The van der Waals surface area contributed by atoms with E-state index in [0.717, 1.165) is 36.8 Å². The molecule has 1 atom stereocenters. The van der Waals surface area contributed by atoms with Crippen LogP contribution in [0.15, 0.2) is 48.5 Å². The minimum absolute atomic E-state index is 0.116. The smallest absolute Gasteiger partial charge is 0.261 e. The van der Waals surface area contributed by atoms with E-state index >= 15 is 0 Å². The van der Waals surface area contributed by atoms with E-state index in [4.69, 9.17) is 16.3 Å². The maximum absolute atomic E-state index is 13.1. The molecule has 0 saturated heterocycles. The van der Waals surface area contributed by atoms with Crippen molar-refractivity contribution in [2.45, 2.75) is 58.2 Å². The van der Waals surface area contributed by atoms with E-state index in [1.54, 1.807) is 36.1 Å². The largest absolute Gasteiger partial charge is 0.484 e. The SMILES string of the molecule is Cc1cccc(CN(C(=O)COc2ccc(Cl)cc2)[C@H](C)C(=O)NC2CCCC2)c1. The lowest BCUT2D eigenvalue weighted by atomic mass is 10.1. The van der Waals surface area contributed by atoms with Gasteiger partial charge in [0.15, 0.2) is 6.61 Å². The van der Waals surface area contributed by atoms with E-state index < -0.39 is 6.04 Å². The molecule has 0 aromatic heterocycles. The number of halogens is 1. The highest BCUT2D eigenvalue weighted by Gasteiger charge is 2.28. The number of nitrogens with one attached hydrogen (secondary N) is 1. The average molecular weight is 429 g/mol. The Bertz CT molecular complexity index is 863. The molecule has 6 heteroatoms. The standard InChI is InChI=1S/C24H29ClN2O3/c1-17-6-5-7-19(14-17)15-27(18(2)24(29)26-21-8-3-4-9-21)23(28)16-30-22-12-10-20(25)11-13-22/h5-7,10-14,18,21H,3-4,8-9,15-16H2,1-2H3,(H,26,29)/t18-/m1/s1. The first-order valence-electron chi connectivity index (χ1n) is 10.5. The molecule has 2 amide bonds. The van der Waals surface area contributed by atoms with Crippen molar-refractivity contribution in [3.05, 3.63) is 64.7 Å². The van der Waals surface area contributed by atoms with Gasteiger partial charge in [-0.2, -0.15) is 0 Å². The summed E-state index contributed by atoms with van der Waals surface area (Å²) in [5.74, 6) is 0.209. The molecule has 0 bridgehead atoms. The zero-order valence-corrected chi connectivity index (χ0v) is 18.3. The molecular formula is C24H29ClN2O3. The van der Waals surface area contributed by atoms with Crippen molar-refractivity contribution in [1.29, 1.82) is 0 Å². The van der Waals surface area contributed by atoms with Gasteiger partial charge >= 0.3 is 0 Å². The fraction of sp³-hybridized carbons (Fsp3) is 0.417. The van der Waals surface area contributed by atoms with E-state index in [-0.39, 0.29) is 24.5 Å². The Morgan fingerprint density at radius 1 is 1.17 bits per heavy atom. The molecule has 0 spiro atoms. The zero-order valence-electron chi connectivity index (χ0n) is 17.6.